The van der Waals surface area contributed by atoms with Crippen LogP contribution in [0.1, 0.15) is 95.0 Å². The Labute approximate surface area is 444 Å². The van der Waals surface area contributed by atoms with Gasteiger partial charge in [0.1, 0.15) is 11.5 Å². The predicted molar refractivity (Wildman–Crippen MR) is 281 cm³/mol. The second-order valence-electron chi connectivity index (χ2n) is 21.3. The number of methoxy groups -OCH3 is 4. The van der Waals surface area contributed by atoms with Crippen LogP contribution in [0, 0.1) is 11.8 Å². The van der Waals surface area contributed by atoms with Gasteiger partial charge in [0, 0.05) is 107 Å². The molecular formula is C53H78N8O12S2. The third-order valence-corrected chi connectivity index (χ3v) is 19.8. The van der Waals surface area contributed by atoms with Crippen LogP contribution in [0.25, 0.3) is 0 Å². The fraction of sp³-hybridized carbons (Fsp3) is 0.642. The number of fused-ring (bicyclic) bond motifs is 2. The SMILES string of the molecule is COC(=O)N1[C@H](C)C[C@H](NS(=O)(=O)N(C)C)[C@@H]1COC1CCC2(c3ccccn3)CC2C1.COC[C@H]1[C@@H](N(Cc2ccc(OC)cc2)S(=O)(=O)N(C)C)C[C@@H](C)N1C(=O)OC.O=C1CCC2(c3ccccn3)CC2C1. The zero-order chi connectivity index (χ0) is 54.5. The summed E-state index contributed by atoms with van der Waals surface area (Å²) < 4.78 is 84.5. The molecule has 0 bridgehead atoms. The predicted octanol–water partition coefficient (Wildman–Crippen LogP) is 5.54. The first-order chi connectivity index (χ1) is 35.7. The summed E-state index contributed by atoms with van der Waals surface area (Å²) in [4.78, 5) is 48.2. The molecule has 4 saturated carbocycles. The lowest BCUT2D eigenvalue weighted by molar-refractivity contribution is -0.120. The zero-order valence-electron chi connectivity index (χ0n) is 45.2. The second-order valence-corrected chi connectivity index (χ2v) is 25.3. The van der Waals surface area contributed by atoms with Gasteiger partial charge in [-0.25, -0.2) is 9.59 Å². The highest BCUT2D eigenvalue weighted by Gasteiger charge is 2.60. The average Bonchev–Trinajstić information content (AvgIpc) is 4.27. The van der Waals surface area contributed by atoms with E-state index in [1.54, 1.807) is 29.0 Å². The maximum atomic E-state index is 13.2. The molecule has 0 radical (unpaired) electrons. The van der Waals surface area contributed by atoms with Crippen molar-refractivity contribution in [2.45, 2.75) is 138 Å². The summed E-state index contributed by atoms with van der Waals surface area (Å²) in [5.41, 5.74) is 3.69. The van der Waals surface area contributed by atoms with Crippen LogP contribution in [0.15, 0.2) is 73.1 Å². The molecule has 6 fully saturated rings. The molecule has 4 aliphatic carbocycles. The van der Waals surface area contributed by atoms with Gasteiger partial charge in [0.25, 0.3) is 20.4 Å². The molecule has 0 spiro atoms. The van der Waals surface area contributed by atoms with Gasteiger partial charge in [-0.2, -0.15) is 34.5 Å². The van der Waals surface area contributed by atoms with E-state index in [0.717, 1.165) is 54.8 Å². The maximum absolute atomic E-state index is 13.2. The van der Waals surface area contributed by atoms with Crippen molar-refractivity contribution in [1.82, 2.24) is 37.4 Å². The largest absolute Gasteiger partial charge is 0.497 e. The first kappa shape index (κ1) is 57.9. The molecular weight excluding hydrogens is 1000 g/mol. The molecule has 5 unspecified atom stereocenters. The number of ether oxygens (including phenoxy) is 5. The minimum absolute atomic E-state index is 0.0980. The van der Waals surface area contributed by atoms with Gasteiger partial charge in [0.05, 0.1) is 58.8 Å². The number of aromatic nitrogens is 2. The van der Waals surface area contributed by atoms with Crippen LogP contribution in [0.2, 0.25) is 0 Å². The number of carbonyl (C=O) groups excluding carboxylic acids is 3. The van der Waals surface area contributed by atoms with Gasteiger partial charge >= 0.3 is 12.2 Å². The Morgan fingerprint density at radius 2 is 1.32 bits per heavy atom. The molecule has 4 heterocycles. The van der Waals surface area contributed by atoms with Crippen LogP contribution in [0.4, 0.5) is 9.59 Å². The van der Waals surface area contributed by atoms with Crippen molar-refractivity contribution in [2.75, 3.05) is 69.8 Å². The van der Waals surface area contributed by atoms with Crippen molar-refractivity contribution < 1.29 is 54.9 Å². The molecule has 75 heavy (non-hydrogen) atoms. The topological polar surface area (TPSA) is 220 Å². The quantitative estimate of drug-likeness (QED) is 0.186. The fourth-order valence-corrected chi connectivity index (χ4v) is 14.2. The Balaban J connectivity index is 0.000000175. The highest BCUT2D eigenvalue weighted by Crippen LogP contribution is 2.62. The molecule has 11 atom stereocenters. The van der Waals surface area contributed by atoms with E-state index in [-0.39, 0.29) is 48.8 Å². The summed E-state index contributed by atoms with van der Waals surface area (Å²) in [6, 6.07) is 17.3. The monoisotopic (exact) mass is 1080 g/mol. The number of nitrogens with zero attached hydrogens (tertiary/aromatic N) is 7. The molecule has 22 heteroatoms. The van der Waals surface area contributed by atoms with Gasteiger partial charge in [-0.1, -0.05) is 24.3 Å². The summed E-state index contributed by atoms with van der Waals surface area (Å²) >= 11 is 0. The smallest absolute Gasteiger partial charge is 0.410 e. The van der Waals surface area contributed by atoms with Crippen molar-refractivity contribution >= 4 is 38.4 Å². The van der Waals surface area contributed by atoms with Gasteiger partial charge in [-0.15, -0.1) is 0 Å². The number of nitrogens with one attached hydrogen (secondary N) is 1. The molecule has 414 valence electrons. The van der Waals surface area contributed by atoms with Crippen LogP contribution in [-0.2, 0) is 61.5 Å². The van der Waals surface area contributed by atoms with E-state index in [4.69, 9.17) is 23.7 Å². The third kappa shape index (κ3) is 12.8. The van der Waals surface area contributed by atoms with Crippen LogP contribution in [-0.4, -0.2) is 180 Å². The maximum Gasteiger partial charge on any atom is 0.410 e. The number of amides is 2. The average molecular weight is 1080 g/mol. The lowest BCUT2D eigenvalue weighted by atomic mass is 9.84. The summed E-state index contributed by atoms with van der Waals surface area (Å²) in [5, 5.41) is 0. The van der Waals surface area contributed by atoms with E-state index in [1.807, 2.05) is 62.6 Å². The third-order valence-electron chi connectivity index (χ3n) is 16.4. The van der Waals surface area contributed by atoms with E-state index in [1.165, 1.54) is 75.9 Å². The van der Waals surface area contributed by atoms with E-state index >= 15 is 0 Å². The first-order valence-electron chi connectivity index (χ1n) is 25.9. The lowest BCUT2D eigenvalue weighted by Gasteiger charge is -2.35. The standard InChI is InChI=1S/C22H34N4O5S.C19H31N3O6S.C12H13NO/c1-15-11-18(24-32(28,29)25(2)3)19(26(15)21(27)30-4)14-31-17-8-9-22(13-16(22)12-17)20-7-5-6-10-23-20;1-14-11-17(18(13-26-4)22(14)19(23)28-6)21(29(24,25)20(2)3)12-15-7-9-16(27-5)10-8-15;14-10-4-5-12(8-9(12)7-10)11-3-1-2-6-13-11/h5-7,10,15-19,24H,8-9,11-14H2,1-4H3;7-10,14,17-18H,11-13H2,1-6H3;1-3,6,9H,4-5,7-8H2/t15-,16?,17?,18+,19+,22?;14-,17+,18+;/m11./s1. The van der Waals surface area contributed by atoms with Gasteiger partial charge in [0.15, 0.2) is 0 Å². The number of pyridine rings is 2. The molecule has 1 aromatic carbocycles. The molecule has 2 saturated heterocycles. The Hall–Kier alpha value is -4.81. The van der Waals surface area contributed by atoms with Crippen molar-refractivity contribution in [3.05, 3.63) is 90.0 Å². The van der Waals surface area contributed by atoms with Crippen LogP contribution in [0.3, 0.4) is 0 Å². The van der Waals surface area contributed by atoms with E-state index in [9.17, 15) is 31.2 Å². The van der Waals surface area contributed by atoms with Gasteiger partial charge < -0.3 is 23.7 Å². The van der Waals surface area contributed by atoms with Crippen molar-refractivity contribution in [3.63, 3.8) is 0 Å². The normalized spacial score (nSPS) is 29.9. The number of hydrogen-bond acceptors (Lipinski definition) is 14. The number of Topliss-reactive ketones (excluding diaryl/α,β-unsaturated/α-hetero) is 1. The van der Waals surface area contributed by atoms with E-state index in [2.05, 4.69) is 26.8 Å². The minimum Gasteiger partial charge on any atom is -0.497 e. The van der Waals surface area contributed by atoms with Crippen LogP contribution >= 0.6 is 0 Å². The number of ketones is 1. The van der Waals surface area contributed by atoms with E-state index < -0.39 is 56.8 Å². The number of rotatable bonds is 16. The van der Waals surface area contributed by atoms with Crippen molar-refractivity contribution in [1.29, 1.82) is 0 Å². The molecule has 3 aromatic rings. The zero-order valence-corrected chi connectivity index (χ0v) is 46.8. The van der Waals surface area contributed by atoms with Crippen LogP contribution in [0.5, 0.6) is 5.75 Å². The molecule has 9 rings (SSSR count). The number of likely N-dealkylation sites (tertiary alicyclic amines) is 2. The Bertz CT molecular complexity index is 2640. The molecule has 2 aliphatic heterocycles. The highest BCUT2D eigenvalue weighted by molar-refractivity contribution is 7.87. The van der Waals surface area contributed by atoms with Crippen molar-refractivity contribution in [3.8, 4) is 5.75 Å². The summed E-state index contributed by atoms with van der Waals surface area (Å²) in [6.45, 7) is 4.42. The van der Waals surface area contributed by atoms with Crippen LogP contribution < -0.4 is 9.46 Å². The lowest BCUT2D eigenvalue weighted by Crippen LogP contribution is -2.53. The Morgan fingerprint density at radius 3 is 1.84 bits per heavy atom. The van der Waals surface area contributed by atoms with Gasteiger partial charge in [-0.05, 0) is 119 Å². The van der Waals surface area contributed by atoms with E-state index in [0.29, 0.717) is 36.2 Å². The summed E-state index contributed by atoms with van der Waals surface area (Å²) in [6.07, 6.45) is 11.7. The molecule has 20 nitrogen and oxygen atoms in total. The minimum atomic E-state index is -3.77. The van der Waals surface area contributed by atoms with Gasteiger partial charge in [0.2, 0.25) is 0 Å². The highest BCUT2D eigenvalue weighted by atomic mass is 32.2. The summed E-state index contributed by atoms with van der Waals surface area (Å²) in [5.74, 6) is 2.30. The number of carbonyl (C=O) groups is 3. The Kier molecular flexibility index (Phi) is 18.7. The number of hydrogen-bond donors (Lipinski definition) is 1. The Morgan fingerprint density at radius 1 is 0.733 bits per heavy atom. The molecule has 2 amide bonds. The molecule has 6 aliphatic rings. The van der Waals surface area contributed by atoms with Gasteiger partial charge in [-0.3, -0.25) is 24.6 Å². The molecule has 2 aromatic heterocycles. The summed E-state index contributed by atoms with van der Waals surface area (Å²) in [7, 11) is 4.33. The van der Waals surface area contributed by atoms with Crippen molar-refractivity contribution in [2.24, 2.45) is 11.8 Å². The second kappa shape index (κ2) is 24.2. The fourth-order valence-electron chi connectivity index (χ4n) is 12.0. The number of benzene rings is 1. The molecule has 1 N–H and O–H groups in total. The first-order valence-corrected chi connectivity index (χ1v) is 28.7.